The molecule has 0 unspecified atom stereocenters. The molecule has 1 aromatic rings. The van der Waals surface area contributed by atoms with Crippen molar-refractivity contribution in [2.24, 2.45) is 0 Å². The van der Waals surface area contributed by atoms with Gasteiger partial charge in [0.2, 0.25) is 0 Å². The molecule has 1 saturated carbocycles. The minimum Gasteiger partial charge on any atom is -0.305 e. The van der Waals surface area contributed by atoms with Gasteiger partial charge in [0.05, 0.1) is 6.54 Å². The minimum absolute atomic E-state index is 0.465. The van der Waals surface area contributed by atoms with E-state index in [1.54, 1.807) is 0 Å². The van der Waals surface area contributed by atoms with Gasteiger partial charge >= 0.3 is 0 Å². The number of thioether (sulfide) groups is 1. The molecule has 1 aromatic carbocycles. The molecular weight excluding hydrogens is 250 g/mol. The van der Waals surface area contributed by atoms with Crippen molar-refractivity contribution < 1.29 is 0 Å². The average Bonchev–Trinajstić information content (AvgIpc) is 2.49. The summed E-state index contributed by atoms with van der Waals surface area (Å²) in [6.07, 6.45) is 9.15. The van der Waals surface area contributed by atoms with Crippen molar-refractivity contribution in [1.82, 2.24) is 5.32 Å². The average molecular weight is 273 g/mol. The monoisotopic (exact) mass is 273 g/mol. The van der Waals surface area contributed by atoms with Crippen molar-refractivity contribution in [3.63, 3.8) is 0 Å². The van der Waals surface area contributed by atoms with Gasteiger partial charge in [0, 0.05) is 16.9 Å². The highest BCUT2D eigenvalue weighted by atomic mass is 32.2. The molecule has 2 heteroatoms. The predicted octanol–water partition coefficient (Wildman–Crippen LogP) is 3.69. The summed E-state index contributed by atoms with van der Waals surface area (Å²) in [5.74, 6) is 6.41. The summed E-state index contributed by atoms with van der Waals surface area (Å²) >= 11 is 2.04. The Kier molecular flexibility index (Phi) is 5.82. The van der Waals surface area contributed by atoms with Gasteiger partial charge in [-0.15, -0.1) is 0 Å². The summed E-state index contributed by atoms with van der Waals surface area (Å²) < 4.78 is 0.465. The first-order valence-electron chi connectivity index (χ1n) is 7.14. The number of hydrogen-bond donors (Lipinski definition) is 1. The zero-order valence-corrected chi connectivity index (χ0v) is 12.6. The van der Waals surface area contributed by atoms with Crippen LogP contribution in [0.15, 0.2) is 30.3 Å². The highest BCUT2D eigenvalue weighted by Crippen LogP contribution is 2.37. The molecule has 0 heterocycles. The van der Waals surface area contributed by atoms with E-state index in [1.807, 2.05) is 30.0 Å². The first kappa shape index (κ1) is 14.5. The number of hydrogen-bond acceptors (Lipinski definition) is 2. The largest absolute Gasteiger partial charge is 0.305 e. The summed E-state index contributed by atoms with van der Waals surface area (Å²) in [6.45, 7) is 1.88. The Hall–Kier alpha value is -0.910. The molecule has 0 spiro atoms. The van der Waals surface area contributed by atoms with Crippen LogP contribution in [0.3, 0.4) is 0 Å². The lowest BCUT2D eigenvalue weighted by molar-refractivity contribution is 0.385. The smallest absolute Gasteiger partial charge is 0.0580 e. The van der Waals surface area contributed by atoms with Gasteiger partial charge < -0.3 is 5.32 Å². The normalized spacial score (nSPS) is 17.5. The third-order valence-corrected chi connectivity index (χ3v) is 5.28. The molecule has 1 nitrogen and oxygen atoms in total. The van der Waals surface area contributed by atoms with E-state index < -0.39 is 0 Å². The molecule has 2 rings (SSSR count). The third kappa shape index (κ3) is 4.60. The zero-order chi connectivity index (χ0) is 13.4. The molecule has 19 heavy (non-hydrogen) atoms. The van der Waals surface area contributed by atoms with Crippen LogP contribution in [0.1, 0.15) is 37.7 Å². The van der Waals surface area contributed by atoms with E-state index >= 15 is 0 Å². The van der Waals surface area contributed by atoms with Crippen LogP contribution >= 0.6 is 11.8 Å². The Labute approximate surface area is 121 Å². The van der Waals surface area contributed by atoms with Crippen molar-refractivity contribution in [3.8, 4) is 11.8 Å². The molecule has 0 aliphatic heterocycles. The molecule has 102 valence electrons. The maximum Gasteiger partial charge on any atom is 0.0580 e. The molecule has 1 fully saturated rings. The summed E-state index contributed by atoms with van der Waals surface area (Å²) in [6, 6.07) is 10.2. The Morgan fingerprint density at radius 1 is 1.16 bits per heavy atom. The van der Waals surface area contributed by atoms with Crippen molar-refractivity contribution in [1.29, 1.82) is 0 Å². The van der Waals surface area contributed by atoms with E-state index in [0.717, 1.165) is 18.7 Å². The van der Waals surface area contributed by atoms with Crippen molar-refractivity contribution in [3.05, 3.63) is 35.9 Å². The van der Waals surface area contributed by atoms with Crippen LogP contribution in [-0.2, 0) is 0 Å². The van der Waals surface area contributed by atoms with E-state index in [4.69, 9.17) is 0 Å². The van der Waals surface area contributed by atoms with Crippen LogP contribution in [0.25, 0.3) is 0 Å². The van der Waals surface area contributed by atoms with Gasteiger partial charge in [0.15, 0.2) is 0 Å². The number of nitrogens with one attached hydrogen (secondary N) is 1. The van der Waals surface area contributed by atoms with Gasteiger partial charge in [0.25, 0.3) is 0 Å². The Morgan fingerprint density at radius 3 is 2.58 bits per heavy atom. The van der Waals surface area contributed by atoms with Gasteiger partial charge in [-0.2, -0.15) is 11.8 Å². The van der Waals surface area contributed by atoms with Crippen molar-refractivity contribution >= 4 is 11.8 Å². The SMILES string of the molecule is CSC1(CNCC#Cc2ccccc2)CCCCC1. The highest BCUT2D eigenvalue weighted by Gasteiger charge is 2.30. The second-order valence-corrected chi connectivity index (χ2v) is 6.49. The quantitative estimate of drug-likeness (QED) is 0.663. The second-order valence-electron chi connectivity index (χ2n) is 5.22. The standard InChI is InChI=1S/C17H23NS/c1-19-17(12-6-3-7-13-17)15-18-14-8-11-16-9-4-2-5-10-16/h2,4-5,9-10,18H,3,6-7,12-15H2,1H3. The maximum atomic E-state index is 3.52. The molecule has 0 saturated heterocycles. The fourth-order valence-corrected chi connectivity index (χ4v) is 3.61. The second kappa shape index (κ2) is 7.62. The predicted molar refractivity (Wildman–Crippen MR) is 85.5 cm³/mol. The zero-order valence-electron chi connectivity index (χ0n) is 11.7. The lowest BCUT2D eigenvalue weighted by Crippen LogP contribution is -2.39. The summed E-state index contributed by atoms with van der Waals surface area (Å²) in [5, 5.41) is 3.52. The van der Waals surface area contributed by atoms with Crippen LogP contribution in [0, 0.1) is 11.8 Å². The molecule has 1 aliphatic rings. The maximum absolute atomic E-state index is 3.52. The summed E-state index contributed by atoms with van der Waals surface area (Å²) in [5.41, 5.74) is 1.10. The molecule has 0 atom stereocenters. The highest BCUT2D eigenvalue weighted by molar-refractivity contribution is 8.00. The van der Waals surface area contributed by atoms with Gasteiger partial charge in [-0.25, -0.2) is 0 Å². The fraction of sp³-hybridized carbons (Fsp3) is 0.529. The van der Waals surface area contributed by atoms with E-state index in [0.29, 0.717) is 4.75 Å². The van der Waals surface area contributed by atoms with E-state index in [-0.39, 0.29) is 0 Å². The molecule has 0 amide bonds. The molecule has 0 aromatic heterocycles. The van der Waals surface area contributed by atoms with Crippen molar-refractivity contribution in [2.75, 3.05) is 19.3 Å². The van der Waals surface area contributed by atoms with Gasteiger partial charge in [0.1, 0.15) is 0 Å². The molecular formula is C17H23NS. The van der Waals surface area contributed by atoms with Gasteiger partial charge in [-0.05, 0) is 31.2 Å². The third-order valence-electron chi connectivity index (χ3n) is 3.86. The summed E-state index contributed by atoms with van der Waals surface area (Å²) in [7, 11) is 0. The Bertz CT molecular complexity index is 424. The first-order valence-corrected chi connectivity index (χ1v) is 8.37. The molecule has 1 N–H and O–H groups in total. The lowest BCUT2D eigenvalue weighted by atomic mass is 9.88. The lowest BCUT2D eigenvalue weighted by Gasteiger charge is -2.35. The van der Waals surface area contributed by atoms with Crippen LogP contribution in [-0.4, -0.2) is 24.1 Å². The van der Waals surface area contributed by atoms with Crippen LogP contribution in [0.2, 0.25) is 0 Å². The number of rotatable bonds is 4. The Balaban J connectivity index is 1.75. The van der Waals surface area contributed by atoms with Gasteiger partial charge in [-0.1, -0.05) is 49.3 Å². The van der Waals surface area contributed by atoms with Crippen LogP contribution in [0.5, 0.6) is 0 Å². The van der Waals surface area contributed by atoms with E-state index in [2.05, 4.69) is 35.5 Å². The van der Waals surface area contributed by atoms with E-state index in [9.17, 15) is 0 Å². The fourth-order valence-electron chi connectivity index (χ4n) is 2.67. The number of benzene rings is 1. The van der Waals surface area contributed by atoms with Crippen LogP contribution in [0.4, 0.5) is 0 Å². The van der Waals surface area contributed by atoms with Gasteiger partial charge in [-0.3, -0.25) is 0 Å². The Morgan fingerprint density at radius 2 is 1.89 bits per heavy atom. The summed E-state index contributed by atoms with van der Waals surface area (Å²) in [4.78, 5) is 0. The first-order chi connectivity index (χ1) is 9.35. The minimum atomic E-state index is 0.465. The molecule has 1 aliphatic carbocycles. The van der Waals surface area contributed by atoms with Crippen molar-refractivity contribution in [2.45, 2.75) is 36.9 Å². The molecule has 0 radical (unpaired) electrons. The molecule has 0 bridgehead atoms. The van der Waals surface area contributed by atoms with Crippen LogP contribution < -0.4 is 5.32 Å². The van der Waals surface area contributed by atoms with E-state index in [1.165, 1.54) is 32.1 Å². The topological polar surface area (TPSA) is 12.0 Å².